The summed E-state index contributed by atoms with van der Waals surface area (Å²) in [5.41, 5.74) is 1.15. The highest BCUT2D eigenvalue weighted by Gasteiger charge is 2.32. The number of anilines is 2. The Morgan fingerprint density at radius 2 is 1.48 bits per heavy atom. The first-order valence-electron chi connectivity index (χ1n) is 10.9. The Morgan fingerprint density at radius 3 is 2.03 bits per heavy atom. The van der Waals surface area contributed by atoms with E-state index in [2.05, 4.69) is 10.6 Å². The Labute approximate surface area is 194 Å². The van der Waals surface area contributed by atoms with E-state index in [0.717, 1.165) is 0 Å². The summed E-state index contributed by atoms with van der Waals surface area (Å²) in [6.45, 7) is 4.92. The lowest BCUT2D eigenvalue weighted by Gasteiger charge is -2.30. The number of sulfonamides is 1. The number of piperidine rings is 1. The van der Waals surface area contributed by atoms with Crippen molar-refractivity contribution in [2.24, 2.45) is 5.92 Å². The lowest BCUT2D eigenvalue weighted by Crippen LogP contribution is -2.41. The van der Waals surface area contributed by atoms with Gasteiger partial charge in [0, 0.05) is 30.4 Å². The summed E-state index contributed by atoms with van der Waals surface area (Å²) in [4.78, 5) is 24.3. The van der Waals surface area contributed by atoms with Crippen molar-refractivity contribution >= 4 is 33.4 Å². The number of carbonyl (C=O) groups is 2. The zero-order chi connectivity index (χ0) is 23.8. The fourth-order valence-corrected chi connectivity index (χ4v) is 5.02. The van der Waals surface area contributed by atoms with E-state index >= 15 is 0 Å². The first-order valence-corrected chi connectivity index (χ1v) is 12.3. The molecule has 2 aromatic carbocycles. The van der Waals surface area contributed by atoms with Crippen LogP contribution < -0.4 is 15.4 Å². The minimum Gasteiger partial charge on any atom is -0.494 e. The number of ether oxygens (including phenoxy) is 2. The second-order valence-electron chi connectivity index (χ2n) is 7.49. The van der Waals surface area contributed by atoms with E-state index in [-0.39, 0.29) is 36.4 Å². The molecule has 0 aliphatic carbocycles. The van der Waals surface area contributed by atoms with E-state index in [4.69, 9.17) is 9.47 Å². The fraction of sp³-hybridized carbons (Fsp3) is 0.391. The quantitative estimate of drug-likeness (QED) is 0.602. The van der Waals surface area contributed by atoms with Crippen LogP contribution in [0.1, 0.15) is 26.7 Å². The van der Waals surface area contributed by atoms with Gasteiger partial charge in [-0.2, -0.15) is 4.31 Å². The zero-order valence-electron chi connectivity index (χ0n) is 18.7. The molecular formula is C23H29N3O6S. The number of rotatable bonds is 8. The van der Waals surface area contributed by atoms with Crippen LogP contribution in [-0.4, -0.2) is 51.0 Å². The van der Waals surface area contributed by atoms with Crippen LogP contribution in [0.5, 0.6) is 5.75 Å². The molecule has 1 heterocycles. The van der Waals surface area contributed by atoms with E-state index in [1.54, 1.807) is 55.5 Å². The fourth-order valence-electron chi connectivity index (χ4n) is 3.55. The van der Waals surface area contributed by atoms with Gasteiger partial charge in [0.15, 0.2) is 0 Å². The number of hydrogen-bond donors (Lipinski definition) is 2. The molecule has 1 aliphatic heterocycles. The van der Waals surface area contributed by atoms with Crippen molar-refractivity contribution in [2.45, 2.75) is 31.6 Å². The number of benzene rings is 2. The summed E-state index contributed by atoms with van der Waals surface area (Å²) in [6.07, 6.45) is 0.330. The molecule has 1 fully saturated rings. The van der Waals surface area contributed by atoms with Gasteiger partial charge in [0.25, 0.3) is 0 Å². The summed E-state index contributed by atoms with van der Waals surface area (Å²) in [5.74, 6) is 0.185. The Balaban J connectivity index is 1.52. The van der Waals surface area contributed by atoms with Gasteiger partial charge in [-0.25, -0.2) is 13.2 Å². The third kappa shape index (κ3) is 6.45. The highest BCUT2D eigenvalue weighted by Crippen LogP contribution is 2.26. The van der Waals surface area contributed by atoms with E-state index in [1.165, 1.54) is 4.31 Å². The molecule has 1 saturated heterocycles. The minimum absolute atomic E-state index is 0.154. The molecule has 33 heavy (non-hydrogen) atoms. The SMILES string of the molecule is CCOC(=O)Nc1ccc(NC(=O)C2CCN(S(=O)(=O)c3ccc(OCC)cc3)CC2)cc1. The molecular weight excluding hydrogens is 446 g/mol. The number of carbonyl (C=O) groups excluding carboxylic acids is 2. The van der Waals surface area contributed by atoms with Gasteiger partial charge in [0.05, 0.1) is 18.1 Å². The average Bonchev–Trinajstić information content (AvgIpc) is 2.81. The molecule has 3 rings (SSSR count). The van der Waals surface area contributed by atoms with Crippen LogP contribution in [0, 0.1) is 5.92 Å². The number of nitrogens with zero attached hydrogens (tertiary/aromatic N) is 1. The van der Waals surface area contributed by atoms with Crippen molar-refractivity contribution < 1.29 is 27.5 Å². The summed E-state index contributed by atoms with van der Waals surface area (Å²) in [6, 6.07) is 13.1. The topological polar surface area (TPSA) is 114 Å². The molecule has 10 heteroatoms. The first-order chi connectivity index (χ1) is 15.8. The Morgan fingerprint density at radius 1 is 0.909 bits per heavy atom. The predicted molar refractivity (Wildman–Crippen MR) is 125 cm³/mol. The molecule has 2 aromatic rings. The summed E-state index contributed by atoms with van der Waals surface area (Å²) >= 11 is 0. The Hall–Kier alpha value is -3.11. The molecule has 0 aromatic heterocycles. The monoisotopic (exact) mass is 475 g/mol. The molecule has 178 valence electrons. The van der Waals surface area contributed by atoms with Crippen LogP contribution in [0.3, 0.4) is 0 Å². The zero-order valence-corrected chi connectivity index (χ0v) is 19.6. The van der Waals surface area contributed by atoms with Crippen LogP contribution in [0.15, 0.2) is 53.4 Å². The minimum atomic E-state index is -3.62. The maximum absolute atomic E-state index is 12.9. The number of nitrogens with one attached hydrogen (secondary N) is 2. The van der Waals surface area contributed by atoms with Crippen molar-refractivity contribution in [3.05, 3.63) is 48.5 Å². The molecule has 1 aliphatic rings. The van der Waals surface area contributed by atoms with Crippen LogP contribution in [0.25, 0.3) is 0 Å². The van der Waals surface area contributed by atoms with Crippen molar-refractivity contribution in [2.75, 3.05) is 36.9 Å². The highest BCUT2D eigenvalue weighted by atomic mass is 32.2. The number of amides is 2. The van der Waals surface area contributed by atoms with Gasteiger partial charge < -0.3 is 14.8 Å². The molecule has 0 saturated carbocycles. The van der Waals surface area contributed by atoms with E-state index in [1.807, 2.05) is 6.92 Å². The summed E-state index contributed by atoms with van der Waals surface area (Å²) < 4.78 is 37.4. The van der Waals surface area contributed by atoms with Crippen LogP contribution in [-0.2, 0) is 19.6 Å². The van der Waals surface area contributed by atoms with E-state index in [0.29, 0.717) is 36.6 Å². The van der Waals surface area contributed by atoms with Gasteiger partial charge in [-0.1, -0.05) is 0 Å². The summed E-state index contributed by atoms with van der Waals surface area (Å²) in [7, 11) is -3.62. The van der Waals surface area contributed by atoms with Crippen LogP contribution in [0.4, 0.5) is 16.2 Å². The maximum Gasteiger partial charge on any atom is 0.411 e. The van der Waals surface area contributed by atoms with Gasteiger partial charge in [-0.15, -0.1) is 0 Å². The Kier molecular flexibility index (Phi) is 8.29. The molecule has 2 N–H and O–H groups in total. The van der Waals surface area contributed by atoms with Gasteiger partial charge in [0.2, 0.25) is 15.9 Å². The van der Waals surface area contributed by atoms with E-state index < -0.39 is 16.1 Å². The second-order valence-corrected chi connectivity index (χ2v) is 9.43. The summed E-state index contributed by atoms with van der Waals surface area (Å²) in [5, 5.41) is 5.44. The largest absolute Gasteiger partial charge is 0.494 e. The maximum atomic E-state index is 12.9. The van der Waals surface area contributed by atoms with E-state index in [9.17, 15) is 18.0 Å². The smallest absolute Gasteiger partial charge is 0.411 e. The molecule has 0 bridgehead atoms. The lowest BCUT2D eigenvalue weighted by molar-refractivity contribution is -0.120. The van der Waals surface area contributed by atoms with Gasteiger partial charge in [-0.05, 0) is 75.2 Å². The van der Waals surface area contributed by atoms with Gasteiger partial charge in [-0.3, -0.25) is 10.1 Å². The molecule has 2 amide bonds. The first kappa shape index (κ1) is 24.5. The molecule has 0 spiro atoms. The molecule has 0 unspecified atom stereocenters. The highest BCUT2D eigenvalue weighted by molar-refractivity contribution is 7.89. The Bertz CT molecular complexity index is 1050. The van der Waals surface area contributed by atoms with Crippen molar-refractivity contribution in [3.8, 4) is 5.75 Å². The standard InChI is InChI=1S/C23H29N3O6S/c1-3-31-20-9-11-21(12-10-20)33(29,30)26-15-13-17(14-16-26)22(27)24-18-5-7-19(8-6-18)25-23(28)32-4-2/h5-12,17H,3-4,13-16H2,1-2H3,(H,24,27)(H,25,28). The second kappa shape index (κ2) is 11.2. The van der Waals surface area contributed by atoms with Crippen LogP contribution >= 0.6 is 0 Å². The average molecular weight is 476 g/mol. The van der Waals surface area contributed by atoms with Gasteiger partial charge in [0.1, 0.15) is 5.75 Å². The third-order valence-corrected chi connectivity index (χ3v) is 7.18. The number of hydrogen-bond acceptors (Lipinski definition) is 6. The van der Waals surface area contributed by atoms with Crippen molar-refractivity contribution in [1.29, 1.82) is 0 Å². The molecule has 0 atom stereocenters. The molecule has 0 radical (unpaired) electrons. The van der Waals surface area contributed by atoms with Crippen molar-refractivity contribution in [1.82, 2.24) is 4.31 Å². The molecule has 9 nitrogen and oxygen atoms in total. The van der Waals surface area contributed by atoms with Gasteiger partial charge >= 0.3 is 6.09 Å². The van der Waals surface area contributed by atoms with Crippen molar-refractivity contribution in [3.63, 3.8) is 0 Å². The third-order valence-electron chi connectivity index (χ3n) is 5.27. The van der Waals surface area contributed by atoms with Crippen LogP contribution in [0.2, 0.25) is 0 Å². The predicted octanol–water partition coefficient (Wildman–Crippen LogP) is 3.69. The lowest BCUT2D eigenvalue weighted by atomic mass is 9.97. The normalized spacial score (nSPS) is 15.0.